The van der Waals surface area contributed by atoms with E-state index in [0.29, 0.717) is 44.7 Å². The maximum absolute atomic E-state index is 12.5. The molecule has 2 aliphatic heterocycles. The van der Waals surface area contributed by atoms with Gasteiger partial charge in [0.25, 0.3) is 0 Å². The van der Waals surface area contributed by atoms with Crippen LogP contribution in [0.3, 0.4) is 0 Å². The van der Waals surface area contributed by atoms with E-state index in [1.54, 1.807) is 0 Å². The Morgan fingerprint density at radius 1 is 1.41 bits per heavy atom. The minimum atomic E-state index is -0.432. The third-order valence-corrected chi connectivity index (χ3v) is 5.09. The lowest BCUT2D eigenvalue weighted by Gasteiger charge is -2.46. The Labute approximate surface area is 130 Å². The van der Waals surface area contributed by atoms with Gasteiger partial charge < -0.3 is 19.3 Å². The highest BCUT2D eigenvalue weighted by Crippen LogP contribution is 2.35. The number of carbonyl (C=O) groups is 1. The van der Waals surface area contributed by atoms with Crippen LogP contribution in [-0.2, 0) is 16.0 Å². The number of piperidine rings is 1. The molecule has 2 aliphatic rings. The summed E-state index contributed by atoms with van der Waals surface area (Å²) in [4.78, 5) is 14.3. The summed E-state index contributed by atoms with van der Waals surface area (Å²) in [6, 6.07) is 0. The van der Waals surface area contributed by atoms with Gasteiger partial charge in [-0.3, -0.25) is 4.79 Å². The molecule has 0 radical (unpaired) electrons. The van der Waals surface area contributed by atoms with Gasteiger partial charge in [-0.1, -0.05) is 5.16 Å². The molecule has 0 bridgehead atoms. The average Bonchev–Trinajstić information content (AvgIpc) is 2.83. The quantitative estimate of drug-likeness (QED) is 0.893. The van der Waals surface area contributed by atoms with E-state index in [-0.39, 0.29) is 5.91 Å². The molecule has 6 nitrogen and oxygen atoms in total. The SMILES string of the molecule is Cc1noc(C)c1CC(=O)N1CCC2(CC1)OCCC[C@@H]2O. The predicted molar refractivity (Wildman–Crippen MR) is 79.4 cm³/mol. The molecule has 1 aromatic rings. The number of ether oxygens (including phenoxy) is 1. The summed E-state index contributed by atoms with van der Waals surface area (Å²) in [6.07, 6.45) is 3.06. The highest BCUT2D eigenvalue weighted by Gasteiger charge is 2.44. The third kappa shape index (κ3) is 2.77. The summed E-state index contributed by atoms with van der Waals surface area (Å²) >= 11 is 0. The Morgan fingerprint density at radius 3 is 2.73 bits per heavy atom. The molecule has 1 amide bonds. The molecule has 0 unspecified atom stereocenters. The van der Waals surface area contributed by atoms with Crippen molar-refractivity contribution in [3.8, 4) is 0 Å². The van der Waals surface area contributed by atoms with Gasteiger partial charge in [0.05, 0.1) is 23.8 Å². The molecular formula is C16H24N2O4. The second kappa shape index (κ2) is 6.01. The van der Waals surface area contributed by atoms with Crippen LogP contribution < -0.4 is 0 Å². The predicted octanol–water partition coefficient (Wildman–Crippen LogP) is 1.37. The fourth-order valence-corrected chi connectivity index (χ4v) is 3.54. The van der Waals surface area contributed by atoms with E-state index in [2.05, 4.69) is 5.16 Å². The molecule has 1 N–H and O–H groups in total. The Hall–Kier alpha value is -1.40. The van der Waals surface area contributed by atoms with Crippen LogP contribution in [-0.4, -0.2) is 52.5 Å². The lowest BCUT2D eigenvalue weighted by molar-refractivity contribution is -0.179. The first-order valence-electron chi connectivity index (χ1n) is 8.03. The van der Waals surface area contributed by atoms with E-state index in [4.69, 9.17) is 9.26 Å². The standard InChI is InChI=1S/C16H24N2O4/c1-11-13(12(2)22-17-11)10-15(20)18-7-5-16(6-8-18)14(19)4-3-9-21-16/h14,19H,3-10H2,1-2H3/t14-/m0/s1. The van der Waals surface area contributed by atoms with Crippen LogP contribution in [0, 0.1) is 13.8 Å². The van der Waals surface area contributed by atoms with Crippen LogP contribution in [0.25, 0.3) is 0 Å². The van der Waals surface area contributed by atoms with Crippen LogP contribution in [0.15, 0.2) is 4.52 Å². The fraction of sp³-hybridized carbons (Fsp3) is 0.750. The summed E-state index contributed by atoms with van der Waals surface area (Å²) < 4.78 is 11.0. The number of rotatable bonds is 2. The van der Waals surface area contributed by atoms with Crippen molar-refractivity contribution < 1.29 is 19.2 Å². The van der Waals surface area contributed by atoms with Gasteiger partial charge in [-0.15, -0.1) is 0 Å². The number of amides is 1. The fourth-order valence-electron chi connectivity index (χ4n) is 3.54. The average molecular weight is 308 g/mol. The molecule has 1 atom stereocenters. The number of hydrogen-bond acceptors (Lipinski definition) is 5. The smallest absolute Gasteiger partial charge is 0.227 e. The zero-order chi connectivity index (χ0) is 15.7. The molecule has 122 valence electrons. The number of likely N-dealkylation sites (tertiary alicyclic amines) is 1. The second-order valence-electron chi connectivity index (χ2n) is 6.43. The Bertz CT molecular complexity index is 527. The first kappa shape index (κ1) is 15.5. The van der Waals surface area contributed by atoms with Gasteiger partial charge in [0.15, 0.2) is 0 Å². The van der Waals surface area contributed by atoms with Gasteiger partial charge in [0.1, 0.15) is 5.76 Å². The summed E-state index contributed by atoms with van der Waals surface area (Å²) in [5, 5.41) is 14.1. The molecule has 0 saturated carbocycles. The van der Waals surface area contributed by atoms with Crippen molar-refractivity contribution in [3.63, 3.8) is 0 Å². The molecule has 2 fully saturated rings. The van der Waals surface area contributed by atoms with E-state index >= 15 is 0 Å². The van der Waals surface area contributed by atoms with Crippen molar-refractivity contribution in [2.24, 2.45) is 0 Å². The van der Waals surface area contributed by atoms with Gasteiger partial charge in [-0.2, -0.15) is 0 Å². The van der Waals surface area contributed by atoms with E-state index < -0.39 is 11.7 Å². The molecule has 6 heteroatoms. The van der Waals surface area contributed by atoms with Gasteiger partial charge in [-0.05, 0) is 39.5 Å². The molecule has 0 aliphatic carbocycles. The van der Waals surface area contributed by atoms with Crippen LogP contribution in [0.2, 0.25) is 0 Å². The zero-order valence-corrected chi connectivity index (χ0v) is 13.3. The van der Waals surface area contributed by atoms with Crippen molar-refractivity contribution in [2.45, 2.75) is 57.7 Å². The molecule has 1 spiro atoms. The van der Waals surface area contributed by atoms with E-state index in [0.717, 1.165) is 24.1 Å². The first-order chi connectivity index (χ1) is 10.5. The summed E-state index contributed by atoms with van der Waals surface area (Å²) in [5.74, 6) is 0.805. The van der Waals surface area contributed by atoms with Crippen LogP contribution in [0.4, 0.5) is 0 Å². The lowest BCUT2D eigenvalue weighted by atomic mass is 9.82. The van der Waals surface area contributed by atoms with Gasteiger partial charge in [0.2, 0.25) is 5.91 Å². The highest BCUT2D eigenvalue weighted by atomic mass is 16.5. The molecule has 1 aromatic heterocycles. The maximum Gasteiger partial charge on any atom is 0.227 e. The number of aromatic nitrogens is 1. The minimum absolute atomic E-state index is 0.0922. The molecular weight excluding hydrogens is 284 g/mol. The van der Waals surface area contributed by atoms with Crippen LogP contribution in [0.1, 0.15) is 42.7 Å². The Balaban J connectivity index is 1.60. The topological polar surface area (TPSA) is 75.8 Å². The van der Waals surface area contributed by atoms with Crippen molar-refractivity contribution >= 4 is 5.91 Å². The number of nitrogens with zero attached hydrogens (tertiary/aromatic N) is 2. The zero-order valence-electron chi connectivity index (χ0n) is 13.3. The van der Waals surface area contributed by atoms with Crippen molar-refractivity contribution in [1.29, 1.82) is 0 Å². The number of hydrogen-bond donors (Lipinski definition) is 1. The van der Waals surface area contributed by atoms with Gasteiger partial charge in [-0.25, -0.2) is 0 Å². The molecule has 3 rings (SSSR count). The summed E-state index contributed by atoms with van der Waals surface area (Å²) in [7, 11) is 0. The maximum atomic E-state index is 12.5. The van der Waals surface area contributed by atoms with Crippen molar-refractivity contribution in [3.05, 3.63) is 17.0 Å². The molecule has 3 heterocycles. The van der Waals surface area contributed by atoms with Gasteiger partial charge >= 0.3 is 0 Å². The molecule has 22 heavy (non-hydrogen) atoms. The van der Waals surface area contributed by atoms with Gasteiger partial charge in [0, 0.05) is 25.3 Å². The van der Waals surface area contributed by atoms with E-state index in [9.17, 15) is 9.90 Å². The number of aryl methyl sites for hydroxylation is 2. The number of carbonyl (C=O) groups excluding carboxylic acids is 1. The Kier molecular flexibility index (Phi) is 4.23. The van der Waals surface area contributed by atoms with E-state index in [1.807, 2.05) is 18.7 Å². The minimum Gasteiger partial charge on any atom is -0.390 e. The molecule has 2 saturated heterocycles. The largest absolute Gasteiger partial charge is 0.390 e. The third-order valence-electron chi connectivity index (χ3n) is 5.09. The van der Waals surface area contributed by atoms with Crippen LogP contribution >= 0.6 is 0 Å². The lowest BCUT2D eigenvalue weighted by Crippen LogP contribution is -2.56. The van der Waals surface area contributed by atoms with Crippen LogP contribution in [0.5, 0.6) is 0 Å². The number of aliphatic hydroxyl groups excluding tert-OH is 1. The molecule has 0 aromatic carbocycles. The summed E-state index contributed by atoms with van der Waals surface area (Å²) in [6.45, 7) is 5.68. The van der Waals surface area contributed by atoms with E-state index in [1.165, 1.54) is 0 Å². The Morgan fingerprint density at radius 2 is 2.14 bits per heavy atom. The summed E-state index contributed by atoms with van der Waals surface area (Å²) in [5.41, 5.74) is 1.24. The van der Waals surface area contributed by atoms with Crippen molar-refractivity contribution in [1.82, 2.24) is 10.1 Å². The highest BCUT2D eigenvalue weighted by molar-refractivity contribution is 5.79. The first-order valence-corrected chi connectivity index (χ1v) is 8.03. The normalized spacial score (nSPS) is 24.7. The second-order valence-corrected chi connectivity index (χ2v) is 6.43. The van der Waals surface area contributed by atoms with Crippen molar-refractivity contribution in [2.75, 3.05) is 19.7 Å². The monoisotopic (exact) mass is 308 g/mol. The number of aliphatic hydroxyl groups is 1.